The van der Waals surface area contributed by atoms with E-state index in [4.69, 9.17) is 4.98 Å². The van der Waals surface area contributed by atoms with Crippen LogP contribution in [0.1, 0.15) is 25.6 Å². The third-order valence-corrected chi connectivity index (χ3v) is 6.98. The van der Waals surface area contributed by atoms with Crippen molar-refractivity contribution in [2.75, 3.05) is 34.2 Å². The SMILES string of the molecule is CCn1c(CN2CCCC(NC)C2)nc2cc(S(=O)(=O)N(C)C)ccc21. The van der Waals surface area contributed by atoms with Gasteiger partial charge in [0.1, 0.15) is 5.82 Å². The predicted octanol–water partition coefficient (Wildman–Crippen LogP) is 1.49. The zero-order valence-electron chi connectivity index (χ0n) is 16.1. The highest BCUT2D eigenvalue weighted by Gasteiger charge is 2.22. The summed E-state index contributed by atoms with van der Waals surface area (Å²) in [4.78, 5) is 7.49. The lowest BCUT2D eigenvalue weighted by atomic mass is 10.1. The Bertz CT molecular complexity index is 875. The van der Waals surface area contributed by atoms with Gasteiger partial charge in [-0.25, -0.2) is 17.7 Å². The predicted molar refractivity (Wildman–Crippen MR) is 104 cm³/mol. The number of hydrogen-bond donors (Lipinski definition) is 1. The van der Waals surface area contributed by atoms with E-state index in [-0.39, 0.29) is 4.90 Å². The Labute approximate surface area is 156 Å². The van der Waals surface area contributed by atoms with E-state index in [1.54, 1.807) is 26.2 Å². The molecule has 1 fully saturated rings. The van der Waals surface area contributed by atoms with Gasteiger partial charge in [0, 0.05) is 33.2 Å². The minimum atomic E-state index is -3.45. The fourth-order valence-electron chi connectivity index (χ4n) is 3.64. The zero-order chi connectivity index (χ0) is 18.9. The number of likely N-dealkylation sites (N-methyl/N-ethyl adjacent to an activating group) is 1. The van der Waals surface area contributed by atoms with Crippen LogP contribution in [0.15, 0.2) is 23.1 Å². The molecule has 7 nitrogen and oxygen atoms in total. The van der Waals surface area contributed by atoms with Gasteiger partial charge in [-0.2, -0.15) is 0 Å². The standard InChI is InChI=1S/C18H29N5O2S/c1-5-23-17-9-8-15(26(24,25)21(3)4)11-16(17)20-18(23)13-22-10-6-7-14(12-22)19-2/h8-9,11,14,19H,5-7,10,12-13H2,1-4H3. The number of likely N-dealkylation sites (tertiary alicyclic amines) is 1. The highest BCUT2D eigenvalue weighted by Crippen LogP contribution is 2.23. The summed E-state index contributed by atoms with van der Waals surface area (Å²) in [5.74, 6) is 0.999. The van der Waals surface area contributed by atoms with Crippen molar-refractivity contribution < 1.29 is 8.42 Å². The van der Waals surface area contributed by atoms with Gasteiger partial charge in [0.25, 0.3) is 0 Å². The number of aryl methyl sites for hydroxylation is 1. The van der Waals surface area contributed by atoms with Crippen LogP contribution in [0, 0.1) is 0 Å². The maximum absolute atomic E-state index is 12.4. The van der Waals surface area contributed by atoms with E-state index < -0.39 is 10.0 Å². The molecule has 1 N–H and O–H groups in total. The van der Waals surface area contributed by atoms with Crippen LogP contribution in [0.3, 0.4) is 0 Å². The summed E-state index contributed by atoms with van der Waals surface area (Å²) in [6.45, 7) is 5.79. The normalized spacial score (nSPS) is 19.5. The van der Waals surface area contributed by atoms with Gasteiger partial charge in [0.05, 0.1) is 22.5 Å². The highest BCUT2D eigenvalue weighted by molar-refractivity contribution is 7.89. The molecule has 2 aromatic rings. The maximum Gasteiger partial charge on any atom is 0.242 e. The topological polar surface area (TPSA) is 70.5 Å². The van der Waals surface area contributed by atoms with Gasteiger partial charge in [0.15, 0.2) is 0 Å². The van der Waals surface area contributed by atoms with E-state index in [9.17, 15) is 8.42 Å². The Morgan fingerprint density at radius 2 is 2.12 bits per heavy atom. The number of sulfonamides is 1. The fourth-order valence-corrected chi connectivity index (χ4v) is 4.56. The number of fused-ring (bicyclic) bond motifs is 1. The molecule has 8 heteroatoms. The molecule has 1 aromatic heterocycles. The van der Waals surface area contributed by atoms with Crippen LogP contribution >= 0.6 is 0 Å². The lowest BCUT2D eigenvalue weighted by molar-refractivity contribution is 0.182. The molecule has 1 aliphatic heterocycles. The summed E-state index contributed by atoms with van der Waals surface area (Å²) in [5.41, 5.74) is 1.73. The van der Waals surface area contributed by atoms with Crippen molar-refractivity contribution in [1.29, 1.82) is 0 Å². The van der Waals surface area contributed by atoms with Gasteiger partial charge in [0.2, 0.25) is 10.0 Å². The smallest absolute Gasteiger partial charge is 0.242 e. The second kappa shape index (κ2) is 7.64. The third kappa shape index (κ3) is 3.64. The Morgan fingerprint density at radius 1 is 1.35 bits per heavy atom. The van der Waals surface area contributed by atoms with Crippen molar-refractivity contribution in [3.05, 3.63) is 24.0 Å². The largest absolute Gasteiger partial charge is 0.327 e. The van der Waals surface area contributed by atoms with Crippen LogP contribution in [0.4, 0.5) is 0 Å². The maximum atomic E-state index is 12.4. The number of piperidine rings is 1. The monoisotopic (exact) mass is 379 g/mol. The summed E-state index contributed by atoms with van der Waals surface area (Å²) in [6.07, 6.45) is 2.39. The molecule has 26 heavy (non-hydrogen) atoms. The van der Waals surface area contributed by atoms with E-state index in [1.165, 1.54) is 17.1 Å². The van der Waals surface area contributed by atoms with Crippen molar-refractivity contribution >= 4 is 21.1 Å². The summed E-state index contributed by atoms with van der Waals surface area (Å²) in [7, 11) is 1.66. The van der Waals surface area contributed by atoms with E-state index in [0.717, 1.165) is 43.0 Å². The molecular formula is C18H29N5O2S. The first-order valence-electron chi connectivity index (χ1n) is 9.18. The van der Waals surface area contributed by atoms with Crippen LogP contribution in [0.2, 0.25) is 0 Å². The number of nitrogens with one attached hydrogen (secondary N) is 1. The zero-order valence-corrected chi connectivity index (χ0v) is 16.9. The summed E-state index contributed by atoms with van der Waals surface area (Å²) in [6, 6.07) is 5.76. The van der Waals surface area contributed by atoms with Gasteiger partial charge in [-0.05, 0) is 51.6 Å². The molecule has 144 valence electrons. The van der Waals surface area contributed by atoms with E-state index in [0.29, 0.717) is 6.04 Å². The van der Waals surface area contributed by atoms with Crippen LogP contribution in [0.5, 0.6) is 0 Å². The molecule has 1 aromatic carbocycles. The van der Waals surface area contributed by atoms with Gasteiger partial charge >= 0.3 is 0 Å². The van der Waals surface area contributed by atoms with Crippen LogP contribution in [-0.4, -0.2) is 67.4 Å². The Morgan fingerprint density at radius 3 is 2.77 bits per heavy atom. The molecule has 0 saturated carbocycles. The van der Waals surface area contributed by atoms with Crippen molar-refractivity contribution in [2.24, 2.45) is 0 Å². The van der Waals surface area contributed by atoms with Crippen molar-refractivity contribution in [2.45, 2.75) is 43.8 Å². The molecular weight excluding hydrogens is 350 g/mol. The summed E-state index contributed by atoms with van der Waals surface area (Å²) in [5, 5.41) is 3.37. The van der Waals surface area contributed by atoms with E-state index in [1.807, 2.05) is 13.1 Å². The molecule has 2 heterocycles. The number of benzene rings is 1. The first-order valence-corrected chi connectivity index (χ1v) is 10.6. The minimum absolute atomic E-state index is 0.288. The summed E-state index contributed by atoms with van der Waals surface area (Å²) >= 11 is 0. The molecule has 0 spiro atoms. The molecule has 1 saturated heterocycles. The highest BCUT2D eigenvalue weighted by atomic mass is 32.2. The molecule has 1 atom stereocenters. The van der Waals surface area contributed by atoms with Gasteiger partial charge < -0.3 is 9.88 Å². The number of nitrogens with zero attached hydrogens (tertiary/aromatic N) is 4. The average molecular weight is 380 g/mol. The molecule has 1 aliphatic rings. The lowest BCUT2D eigenvalue weighted by Gasteiger charge is -2.32. The number of aromatic nitrogens is 2. The Hall–Kier alpha value is -1.48. The van der Waals surface area contributed by atoms with E-state index in [2.05, 4.69) is 21.7 Å². The average Bonchev–Trinajstić information content (AvgIpc) is 2.97. The fraction of sp³-hybridized carbons (Fsp3) is 0.611. The second-order valence-electron chi connectivity index (χ2n) is 7.07. The Balaban J connectivity index is 1.93. The number of imidazole rings is 1. The molecule has 0 aliphatic carbocycles. The van der Waals surface area contributed by atoms with Crippen molar-refractivity contribution in [3.8, 4) is 0 Å². The number of hydrogen-bond acceptors (Lipinski definition) is 5. The Kier molecular flexibility index (Phi) is 5.67. The quantitative estimate of drug-likeness (QED) is 0.823. The van der Waals surface area contributed by atoms with Crippen LogP contribution < -0.4 is 5.32 Å². The van der Waals surface area contributed by atoms with Crippen LogP contribution in [-0.2, 0) is 23.1 Å². The molecule has 0 amide bonds. The summed E-state index contributed by atoms with van der Waals surface area (Å²) < 4.78 is 28.2. The first kappa shape index (κ1) is 19.3. The van der Waals surface area contributed by atoms with Crippen molar-refractivity contribution in [3.63, 3.8) is 0 Å². The molecule has 1 unspecified atom stereocenters. The van der Waals surface area contributed by atoms with Gasteiger partial charge in [-0.15, -0.1) is 0 Å². The third-order valence-electron chi connectivity index (χ3n) is 5.17. The lowest BCUT2D eigenvalue weighted by Crippen LogP contribution is -2.44. The minimum Gasteiger partial charge on any atom is -0.327 e. The number of rotatable bonds is 6. The van der Waals surface area contributed by atoms with Crippen molar-refractivity contribution in [1.82, 2.24) is 24.1 Å². The molecule has 0 bridgehead atoms. The molecule has 0 radical (unpaired) electrons. The van der Waals surface area contributed by atoms with E-state index >= 15 is 0 Å². The van der Waals surface area contributed by atoms with Gasteiger partial charge in [-0.3, -0.25) is 4.90 Å². The van der Waals surface area contributed by atoms with Gasteiger partial charge in [-0.1, -0.05) is 0 Å². The van der Waals surface area contributed by atoms with Crippen LogP contribution in [0.25, 0.3) is 11.0 Å². The molecule has 3 rings (SSSR count). The second-order valence-corrected chi connectivity index (χ2v) is 9.23. The first-order chi connectivity index (χ1) is 12.4.